The van der Waals surface area contributed by atoms with Crippen LogP contribution in [-0.4, -0.2) is 75.8 Å². The molecule has 0 amide bonds. The number of fused-ring (bicyclic) bond motifs is 7. The highest BCUT2D eigenvalue weighted by Crippen LogP contribution is 2.72. The number of nitrogens with zero attached hydrogens (tertiary/aromatic N) is 3. The normalized spacial score (nSPS) is 48.8. The third-order valence-corrected chi connectivity index (χ3v) is 41.3. The van der Waals surface area contributed by atoms with E-state index in [-0.39, 0.29) is 0 Å². The van der Waals surface area contributed by atoms with Crippen LogP contribution >= 0.6 is 0 Å². The lowest BCUT2D eigenvalue weighted by Crippen LogP contribution is -2.77. The topological polar surface area (TPSA) is 9.72 Å². The minimum absolute atomic E-state index is 0.310. The van der Waals surface area contributed by atoms with Gasteiger partial charge in [0.25, 0.3) is 0 Å². The lowest BCUT2D eigenvalue weighted by molar-refractivity contribution is -0.162. The molecular formula is C102H174BN3. The molecule has 15 saturated carbocycles. The molecule has 18 fully saturated rings. The van der Waals surface area contributed by atoms with Crippen molar-refractivity contribution in [3.05, 3.63) is 0 Å². The minimum Gasteiger partial charge on any atom is -0.295 e. The van der Waals surface area contributed by atoms with Gasteiger partial charge in [0.15, 0.2) is 6.71 Å². The first kappa shape index (κ1) is 77.2. The molecule has 3 saturated heterocycles. The minimum atomic E-state index is 0.310. The van der Waals surface area contributed by atoms with Gasteiger partial charge in [-0.1, -0.05) is 277 Å². The van der Waals surface area contributed by atoms with Gasteiger partial charge in [0.1, 0.15) is 0 Å². The summed E-state index contributed by atoms with van der Waals surface area (Å²) in [6.45, 7) is 42.4. The van der Waals surface area contributed by atoms with Gasteiger partial charge < -0.3 is 0 Å². The van der Waals surface area contributed by atoms with E-state index in [0.29, 0.717) is 27.1 Å². The summed E-state index contributed by atoms with van der Waals surface area (Å²) < 4.78 is 0. The molecule has 27 atom stereocenters. The molecule has 0 bridgehead atoms. The lowest BCUT2D eigenvalue weighted by atomic mass is 9.18. The Bertz CT molecular complexity index is 2830. The Morgan fingerprint density at radius 1 is 0.208 bits per heavy atom. The van der Waals surface area contributed by atoms with Gasteiger partial charge in [-0.05, 0) is 309 Å². The Labute approximate surface area is 658 Å². The van der Waals surface area contributed by atoms with Crippen LogP contribution in [0.25, 0.3) is 0 Å². The van der Waals surface area contributed by atoms with Crippen LogP contribution in [0.2, 0.25) is 17.5 Å². The summed E-state index contributed by atoms with van der Waals surface area (Å²) in [6, 6.07) is 7.38. The molecule has 106 heavy (non-hydrogen) atoms. The summed E-state index contributed by atoms with van der Waals surface area (Å²) in [6.07, 6.45) is 73.1. The van der Waals surface area contributed by atoms with Crippen molar-refractivity contribution in [1.82, 2.24) is 14.7 Å². The van der Waals surface area contributed by atoms with E-state index in [2.05, 4.69) is 119 Å². The fourth-order valence-electron chi connectivity index (χ4n) is 36.4. The molecule has 3 nitrogen and oxygen atoms in total. The van der Waals surface area contributed by atoms with Crippen molar-refractivity contribution in [3.8, 4) is 0 Å². The van der Waals surface area contributed by atoms with Crippen molar-refractivity contribution in [2.45, 2.75) is 477 Å². The van der Waals surface area contributed by atoms with Crippen molar-refractivity contribution < 1.29 is 0 Å². The van der Waals surface area contributed by atoms with Crippen molar-refractivity contribution in [3.63, 3.8) is 0 Å². The Morgan fingerprint density at radius 3 is 0.981 bits per heavy atom. The van der Waals surface area contributed by atoms with Crippen molar-refractivity contribution in [2.24, 2.45) is 163 Å². The molecule has 0 aromatic heterocycles. The fourth-order valence-corrected chi connectivity index (χ4v) is 36.4. The third kappa shape index (κ3) is 14.2. The summed E-state index contributed by atoms with van der Waals surface area (Å²) in [5, 5.41) is 0. The van der Waals surface area contributed by atoms with E-state index < -0.39 is 0 Å². The van der Waals surface area contributed by atoms with E-state index in [1.165, 1.54) is 103 Å². The van der Waals surface area contributed by atoms with E-state index in [4.69, 9.17) is 0 Å². The SMILES string of the molecule is CC(C)(C)C1CC2CCC3CC(C(C)(C)C)CC4C(C5CCC6B7C8CCC(N9C%10CCCCC%10C%10CCCCC%109)CC8N(C8C(C9CCCCC9)CC(C(C)(C)C)CC8C8CCCCC8)C8CC(C(C)(C)C)CC(C78)N(C7C(C8CCCCC8)CC(C(C)(C)C)CC7C7CCCCC7)C6C5)CC(C1)C2C34. The second-order valence-corrected chi connectivity index (χ2v) is 50.6. The molecule has 600 valence electrons. The molecule has 0 aromatic carbocycles. The molecule has 4 heteroatoms. The quantitative estimate of drug-likeness (QED) is 0.224. The van der Waals surface area contributed by atoms with Gasteiger partial charge in [0, 0.05) is 54.4 Å². The molecule has 18 rings (SSSR count). The fraction of sp³-hybridized carbons (Fsp3) is 1.00. The van der Waals surface area contributed by atoms with Gasteiger partial charge >= 0.3 is 0 Å². The van der Waals surface area contributed by atoms with Gasteiger partial charge in [0.2, 0.25) is 0 Å². The molecule has 27 unspecified atom stereocenters. The number of hydrogen-bond acceptors (Lipinski definition) is 3. The van der Waals surface area contributed by atoms with E-state index >= 15 is 0 Å². The Hall–Kier alpha value is -0.0551. The van der Waals surface area contributed by atoms with Gasteiger partial charge in [-0.25, -0.2) is 0 Å². The molecule has 3 aliphatic heterocycles. The highest BCUT2D eigenvalue weighted by molar-refractivity contribution is 6.65. The molecule has 0 radical (unpaired) electrons. The largest absolute Gasteiger partial charge is 0.295 e. The van der Waals surface area contributed by atoms with E-state index in [1.807, 2.05) is 0 Å². The van der Waals surface area contributed by atoms with Crippen LogP contribution in [0.4, 0.5) is 0 Å². The maximum atomic E-state index is 4.01. The molecule has 0 spiro atoms. The Balaban J connectivity index is 0.828. The average molecular weight is 1450 g/mol. The molecular weight excluding hydrogens is 1280 g/mol. The van der Waals surface area contributed by atoms with E-state index in [0.717, 1.165) is 215 Å². The maximum Gasteiger partial charge on any atom is 0.156 e. The Morgan fingerprint density at radius 2 is 0.547 bits per heavy atom. The molecule has 15 aliphatic carbocycles. The zero-order chi connectivity index (χ0) is 73.3. The highest BCUT2D eigenvalue weighted by atomic mass is 15.3. The van der Waals surface area contributed by atoms with Gasteiger partial charge in [-0.3, -0.25) is 14.7 Å². The van der Waals surface area contributed by atoms with E-state index in [9.17, 15) is 0 Å². The predicted octanol–water partition coefficient (Wildman–Crippen LogP) is 27.8. The lowest BCUT2D eigenvalue weighted by Gasteiger charge is -2.73. The molecule has 3 heterocycles. The summed E-state index contributed by atoms with van der Waals surface area (Å²) in [7, 11) is 0. The second kappa shape index (κ2) is 30.1. The highest BCUT2D eigenvalue weighted by Gasteiger charge is 2.71. The van der Waals surface area contributed by atoms with Crippen LogP contribution in [0.5, 0.6) is 0 Å². The van der Waals surface area contributed by atoms with E-state index in [1.54, 1.807) is 199 Å². The van der Waals surface area contributed by atoms with Gasteiger partial charge in [-0.15, -0.1) is 0 Å². The first-order valence-electron chi connectivity index (χ1n) is 50.1. The van der Waals surface area contributed by atoms with Crippen LogP contribution in [0.1, 0.15) is 406 Å². The number of rotatable bonds is 8. The Kier molecular flexibility index (Phi) is 22.0. The summed E-state index contributed by atoms with van der Waals surface area (Å²) in [4.78, 5) is 11.5. The zero-order valence-corrected chi connectivity index (χ0v) is 72.9. The molecule has 0 aromatic rings. The van der Waals surface area contributed by atoms with Crippen LogP contribution in [0, 0.1) is 163 Å². The van der Waals surface area contributed by atoms with Crippen LogP contribution in [0.3, 0.4) is 0 Å². The number of likely N-dealkylation sites (tertiary alicyclic amines) is 1. The van der Waals surface area contributed by atoms with Crippen molar-refractivity contribution >= 4 is 6.71 Å². The average Bonchev–Trinajstić information content (AvgIpc) is 0.723. The van der Waals surface area contributed by atoms with Crippen LogP contribution in [-0.2, 0) is 0 Å². The zero-order valence-electron chi connectivity index (χ0n) is 72.9. The predicted molar refractivity (Wildman–Crippen MR) is 451 cm³/mol. The summed E-state index contributed by atoms with van der Waals surface area (Å²) in [5.41, 5.74) is 1.93. The van der Waals surface area contributed by atoms with Crippen molar-refractivity contribution in [1.29, 1.82) is 0 Å². The molecule has 18 aliphatic rings. The smallest absolute Gasteiger partial charge is 0.156 e. The second-order valence-electron chi connectivity index (χ2n) is 50.6. The number of hydrogen-bond donors (Lipinski definition) is 0. The summed E-state index contributed by atoms with van der Waals surface area (Å²) in [5.74, 6) is 24.4. The monoisotopic (exact) mass is 1450 g/mol. The molecule has 0 N–H and O–H groups in total. The first-order valence-corrected chi connectivity index (χ1v) is 50.1. The van der Waals surface area contributed by atoms with Gasteiger partial charge in [-0.2, -0.15) is 0 Å². The standard InChI is InChI=1S/C102H174BN3/c1-98(2,3)71-50-68-44-45-69-51-72(99(4,5)6)59-84-79(53-70(52-71)93(68)94(69)84)67-46-48-85-89(54-67)105(96-80(63-32-20-16-21-33-63)55-73(100(7,8)9)56-81(96)64-34-22-17-23-35-64)91-60-75(102(13,14)15)61-92-95(91)103(85)86-49-47-76(104-87-42-30-28-40-77(87)78-41-29-31-43-88(78)104)62-90(86)106(92)97-82(65-36-24-18-25-37-65)57-74(101(10,11)12)58-83(97)66-38-26-19-27-39-66/h63-97H,16-62H2,1-15H3. The van der Waals surface area contributed by atoms with Gasteiger partial charge in [0.05, 0.1) is 0 Å². The van der Waals surface area contributed by atoms with Crippen LogP contribution < -0.4 is 0 Å². The van der Waals surface area contributed by atoms with Crippen molar-refractivity contribution in [2.75, 3.05) is 0 Å². The third-order valence-electron chi connectivity index (χ3n) is 41.3. The van der Waals surface area contributed by atoms with Crippen LogP contribution in [0.15, 0.2) is 0 Å². The maximum absolute atomic E-state index is 4.01. The first-order chi connectivity index (χ1) is 50.7. The summed E-state index contributed by atoms with van der Waals surface area (Å²) >= 11 is 0.